The minimum atomic E-state index is -3.12. The molecule has 0 aromatic carbocycles. The van der Waals surface area contributed by atoms with Crippen LogP contribution in [0, 0.1) is 0 Å². The summed E-state index contributed by atoms with van der Waals surface area (Å²) in [7, 11) is 20.2. The van der Waals surface area contributed by atoms with Gasteiger partial charge in [-0.05, 0) is 0 Å². The molecule has 0 fully saturated rings. The molecule has 0 rings (SSSR count). The van der Waals surface area contributed by atoms with Crippen LogP contribution in [0.25, 0.3) is 0 Å². The third-order valence-corrected chi connectivity index (χ3v) is 9.00. The average molecular weight is 242 g/mol. The molecule has 0 aromatic rings. The van der Waals surface area contributed by atoms with Crippen LogP contribution < -0.4 is 0 Å². The zero-order valence-electron chi connectivity index (χ0n) is 4.08. The van der Waals surface area contributed by atoms with Crippen LogP contribution in [0.1, 0.15) is 0 Å². The van der Waals surface area contributed by atoms with Gasteiger partial charge in [-0.15, -0.1) is 0 Å². The number of hydrogen-bond donors (Lipinski definition) is 0. The van der Waals surface area contributed by atoms with Crippen LogP contribution in [0.15, 0.2) is 0 Å². The molecule has 7 heavy (non-hydrogen) atoms. The molecule has 0 N–H and O–H groups in total. The van der Waals surface area contributed by atoms with E-state index in [9.17, 15) is 0 Å². The van der Waals surface area contributed by atoms with E-state index in [4.69, 9.17) is 25.5 Å². The van der Waals surface area contributed by atoms with Gasteiger partial charge in [0.2, 0.25) is 0 Å². The molecule has 0 unspecified atom stereocenters. The van der Waals surface area contributed by atoms with Crippen molar-refractivity contribution >= 4 is 25.5 Å². The first-order chi connectivity index (χ1) is 2.94. The van der Waals surface area contributed by atoms with Gasteiger partial charge in [-0.2, -0.15) is 0 Å². The summed E-state index contributed by atoms with van der Waals surface area (Å²) in [6, 6.07) is 0. The second-order valence-electron chi connectivity index (χ2n) is 1.36. The van der Waals surface area contributed by atoms with E-state index in [1.807, 2.05) is 0 Å². The molecule has 44 valence electrons. The van der Waals surface area contributed by atoms with Gasteiger partial charge in [-0.25, -0.2) is 0 Å². The van der Waals surface area contributed by atoms with E-state index in [2.05, 4.69) is 0 Å². The Morgan fingerprint density at radius 2 is 1.29 bits per heavy atom. The summed E-state index contributed by atoms with van der Waals surface area (Å²) in [6.07, 6.45) is 0. The predicted octanol–water partition coefficient (Wildman–Crippen LogP) is 2.08. The Kier molecular flexibility index (Phi) is 3.77. The molecule has 1 nitrogen and oxygen atoms in total. The first-order valence-corrected chi connectivity index (χ1v) is 12.3. The molecular formula is C2H6Cl3NZr. The van der Waals surface area contributed by atoms with Crippen molar-refractivity contribution in [2.75, 3.05) is 14.1 Å². The normalized spacial score (nSPS) is 12.9. The summed E-state index contributed by atoms with van der Waals surface area (Å²) in [4.78, 5) is 0. The van der Waals surface area contributed by atoms with Crippen LogP contribution in [0.2, 0.25) is 0 Å². The Bertz CT molecular complexity index is 58.4. The average Bonchev–Trinajstić information content (AvgIpc) is 1.31. The molecule has 0 saturated heterocycles. The first kappa shape index (κ1) is 8.71. The summed E-state index contributed by atoms with van der Waals surface area (Å²) < 4.78 is 1.69. The van der Waals surface area contributed by atoms with Gasteiger partial charge in [0.15, 0.2) is 0 Å². The van der Waals surface area contributed by atoms with E-state index in [1.54, 1.807) is 16.9 Å². The van der Waals surface area contributed by atoms with Crippen molar-refractivity contribution in [1.29, 1.82) is 0 Å². The molecule has 0 aliphatic heterocycles. The molecule has 0 spiro atoms. The van der Waals surface area contributed by atoms with Gasteiger partial charge in [0.25, 0.3) is 0 Å². The van der Waals surface area contributed by atoms with Crippen LogP contribution in [0.5, 0.6) is 0 Å². The third-order valence-electron chi connectivity index (χ3n) is 0.507. The fourth-order valence-electron chi connectivity index (χ4n) is 0. The Morgan fingerprint density at radius 3 is 1.29 bits per heavy atom. The summed E-state index contributed by atoms with van der Waals surface area (Å²) in [6.45, 7) is 0. The second-order valence-corrected chi connectivity index (χ2v) is 19.0. The third kappa shape index (κ3) is 4.23. The van der Waals surface area contributed by atoms with E-state index in [-0.39, 0.29) is 0 Å². The minimum absolute atomic E-state index is 1.69. The zero-order valence-corrected chi connectivity index (χ0v) is 8.81. The van der Waals surface area contributed by atoms with Crippen molar-refractivity contribution in [3.63, 3.8) is 0 Å². The molecule has 0 aliphatic rings. The molecule has 0 saturated carbocycles. The molecule has 0 atom stereocenters. The molecule has 0 amide bonds. The van der Waals surface area contributed by atoms with Gasteiger partial charge in [-0.1, -0.05) is 0 Å². The maximum absolute atomic E-state index is 5.53. The first-order valence-electron chi connectivity index (χ1n) is 1.68. The second kappa shape index (κ2) is 3.03. The molecule has 0 heterocycles. The molecular weight excluding hydrogens is 236 g/mol. The summed E-state index contributed by atoms with van der Waals surface area (Å²) in [5.74, 6) is 0. The molecule has 5 heteroatoms. The van der Waals surface area contributed by atoms with E-state index in [0.717, 1.165) is 0 Å². The molecule has 0 aliphatic carbocycles. The van der Waals surface area contributed by atoms with E-state index >= 15 is 0 Å². The SMILES string of the molecule is C[N](C)[Zr]([Cl])([Cl])[Cl]. The van der Waals surface area contributed by atoms with Crippen LogP contribution >= 0.6 is 25.5 Å². The summed E-state index contributed by atoms with van der Waals surface area (Å²) >= 11 is -3.12. The van der Waals surface area contributed by atoms with Crippen molar-refractivity contribution < 1.29 is 17.0 Å². The fraction of sp³-hybridized carbons (Fsp3) is 1.00. The molecule has 0 radical (unpaired) electrons. The van der Waals surface area contributed by atoms with Crippen molar-refractivity contribution in [2.45, 2.75) is 0 Å². The van der Waals surface area contributed by atoms with Gasteiger partial charge in [0.1, 0.15) is 0 Å². The fourth-order valence-corrected chi connectivity index (χ4v) is 0. The Hall–Kier alpha value is 1.71. The van der Waals surface area contributed by atoms with Gasteiger partial charge in [0.05, 0.1) is 0 Å². The Balaban J connectivity index is 3.54. The monoisotopic (exact) mass is 239 g/mol. The topological polar surface area (TPSA) is 3.24 Å². The Morgan fingerprint density at radius 1 is 1.14 bits per heavy atom. The van der Waals surface area contributed by atoms with Crippen molar-refractivity contribution in [2.24, 2.45) is 0 Å². The van der Waals surface area contributed by atoms with Gasteiger partial charge < -0.3 is 0 Å². The van der Waals surface area contributed by atoms with Crippen LogP contribution in [0.4, 0.5) is 0 Å². The number of nitrogens with zero attached hydrogens (tertiary/aromatic N) is 1. The number of rotatable bonds is 1. The Labute approximate surface area is 59.0 Å². The standard InChI is InChI=1S/C2H6N.3ClH.Zr/c1-3-2;;;;/h1-2H3;3*1H;/q-1;;;;+4/p-3. The van der Waals surface area contributed by atoms with E-state index in [1.165, 1.54) is 0 Å². The molecule has 0 bridgehead atoms. The number of hydrogen-bond acceptors (Lipinski definition) is 1. The quantitative estimate of drug-likeness (QED) is 0.680. The van der Waals surface area contributed by atoms with Gasteiger partial charge in [-0.3, -0.25) is 0 Å². The van der Waals surface area contributed by atoms with E-state index < -0.39 is 17.0 Å². The predicted molar refractivity (Wildman–Crippen MR) is 31.2 cm³/mol. The summed E-state index contributed by atoms with van der Waals surface area (Å²) in [5.41, 5.74) is 0. The maximum atomic E-state index is 5.53. The van der Waals surface area contributed by atoms with Crippen LogP contribution in [-0.4, -0.2) is 16.9 Å². The zero-order chi connectivity index (χ0) is 6.08. The van der Waals surface area contributed by atoms with Gasteiger partial charge in [0, 0.05) is 0 Å². The van der Waals surface area contributed by atoms with Crippen LogP contribution in [-0.2, 0) is 17.0 Å². The van der Waals surface area contributed by atoms with Crippen molar-refractivity contribution in [3.8, 4) is 0 Å². The number of halogens is 3. The van der Waals surface area contributed by atoms with E-state index in [0.29, 0.717) is 0 Å². The molecule has 0 aromatic heterocycles. The summed E-state index contributed by atoms with van der Waals surface area (Å²) in [5, 5.41) is 0. The van der Waals surface area contributed by atoms with Gasteiger partial charge >= 0.3 is 59.5 Å². The van der Waals surface area contributed by atoms with Crippen molar-refractivity contribution in [1.82, 2.24) is 2.84 Å². The van der Waals surface area contributed by atoms with Crippen LogP contribution in [0.3, 0.4) is 0 Å². The van der Waals surface area contributed by atoms with Crippen molar-refractivity contribution in [3.05, 3.63) is 0 Å².